The van der Waals surface area contributed by atoms with Crippen molar-refractivity contribution in [2.45, 2.75) is 26.7 Å². The van der Waals surface area contributed by atoms with E-state index < -0.39 is 0 Å². The fraction of sp³-hybridized carbons (Fsp3) is 0.750. The minimum absolute atomic E-state index is 0.528. The molecule has 0 spiro atoms. The summed E-state index contributed by atoms with van der Waals surface area (Å²) in [5.74, 6) is 1.16. The molecular formula is C8H16N. The standard InChI is InChI=1S/C8H16N/c1-7(2)6-8(3)4-5-9/h5,7-9H,1,4,6H2,2-3H3. The van der Waals surface area contributed by atoms with Crippen molar-refractivity contribution in [3.63, 3.8) is 0 Å². The lowest BCUT2D eigenvalue weighted by Crippen LogP contribution is -1.99. The molecule has 2 atom stereocenters. The molecule has 0 aliphatic heterocycles. The van der Waals surface area contributed by atoms with Gasteiger partial charge >= 0.3 is 0 Å². The molecule has 0 bridgehead atoms. The molecule has 0 aromatic rings. The molecule has 1 N–H and O–H groups in total. The second-order valence-corrected chi connectivity index (χ2v) is 2.89. The Morgan fingerprint density at radius 2 is 2.11 bits per heavy atom. The van der Waals surface area contributed by atoms with Crippen LogP contribution in [-0.2, 0) is 0 Å². The van der Waals surface area contributed by atoms with Gasteiger partial charge in [0.25, 0.3) is 0 Å². The summed E-state index contributed by atoms with van der Waals surface area (Å²) in [6, 6.07) is 0. The van der Waals surface area contributed by atoms with Gasteiger partial charge in [0.1, 0.15) is 0 Å². The van der Waals surface area contributed by atoms with Crippen molar-refractivity contribution in [1.29, 1.82) is 5.41 Å². The zero-order chi connectivity index (χ0) is 7.28. The normalized spacial score (nSPS) is 13.8. The Kier molecular flexibility index (Phi) is 4.37. The highest BCUT2D eigenvalue weighted by molar-refractivity contribution is 5.53. The third-order valence-corrected chi connectivity index (χ3v) is 1.32. The van der Waals surface area contributed by atoms with E-state index in [1.165, 1.54) is 6.21 Å². The molecule has 1 nitrogen and oxygen atoms in total. The SMILES string of the molecule is [CH2]C(C)CC(C)CC=N. The quantitative estimate of drug-likeness (QED) is 0.560. The first kappa shape index (κ1) is 8.67. The van der Waals surface area contributed by atoms with Gasteiger partial charge in [0, 0.05) is 0 Å². The van der Waals surface area contributed by atoms with Crippen LogP contribution in [0.4, 0.5) is 0 Å². The molecule has 0 heterocycles. The Balaban J connectivity index is 3.25. The maximum absolute atomic E-state index is 6.83. The van der Waals surface area contributed by atoms with Gasteiger partial charge in [0.15, 0.2) is 0 Å². The van der Waals surface area contributed by atoms with E-state index in [1.807, 2.05) is 0 Å². The molecule has 2 unspecified atom stereocenters. The Labute approximate surface area is 58.0 Å². The Bertz CT molecular complexity index is 76.6. The molecule has 0 amide bonds. The monoisotopic (exact) mass is 126 g/mol. The van der Waals surface area contributed by atoms with Gasteiger partial charge in [-0.05, 0) is 30.9 Å². The van der Waals surface area contributed by atoms with Gasteiger partial charge in [-0.2, -0.15) is 0 Å². The molecule has 53 valence electrons. The van der Waals surface area contributed by atoms with E-state index in [-0.39, 0.29) is 0 Å². The smallest absolute Gasteiger partial charge is 0.00451 e. The largest absolute Gasteiger partial charge is 0.313 e. The lowest BCUT2D eigenvalue weighted by Gasteiger charge is -2.09. The van der Waals surface area contributed by atoms with Gasteiger partial charge in [0.2, 0.25) is 0 Å². The van der Waals surface area contributed by atoms with Gasteiger partial charge in [-0.25, -0.2) is 0 Å². The van der Waals surface area contributed by atoms with Crippen LogP contribution >= 0.6 is 0 Å². The van der Waals surface area contributed by atoms with Crippen LogP contribution in [0.1, 0.15) is 26.7 Å². The average molecular weight is 126 g/mol. The molecule has 1 heteroatoms. The van der Waals surface area contributed by atoms with Crippen molar-refractivity contribution in [2.24, 2.45) is 11.8 Å². The molecule has 0 aliphatic carbocycles. The van der Waals surface area contributed by atoms with Crippen molar-refractivity contribution in [1.82, 2.24) is 0 Å². The topological polar surface area (TPSA) is 23.9 Å². The van der Waals surface area contributed by atoms with E-state index in [4.69, 9.17) is 5.41 Å². The average Bonchev–Trinajstić information content (AvgIpc) is 1.63. The molecule has 0 aromatic heterocycles. The van der Waals surface area contributed by atoms with Crippen molar-refractivity contribution in [3.05, 3.63) is 6.92 Å². The predicted molar refractivity (Wildman–Crippen MR) is 41.7 cm³/mol. The second-order valence-electron chi connectivity index (χ2n) is 2.89. The zero-order valence-corrected chi connectivity index (χ0v) is 6.35. The van der Waals surface area contributed by atoms with Crippen molar-refractivity contribution in [3.8, 4) is 0 Å². The van der Waals surface area contributed by atoms with Crippen LogP contribution in [0.5, 0.6) is 0 Å². The molecule has 0 saturated carbocycles. The van der Waals surface area contributed by atoms with Crippen LogP contribution in [0.3, 0.4) is 0 Å². The highest BCUT2D eigenvalue weighted by Gasteiger charge is 2.01. The molecule has 0 fully saturated rings. The van der Waals surface area contributed by atoms with E-state index >= 15 is 0 Å². The van der Waals surface area contributed by atoms with Gasteiger partial charge in [-0.1, -0.05) is 20.8 Å². The summed E-state index contributed by atoms with van der Waals surface area (Å²) in [6.45, 7) is 8.16. The lowest BCUT2D eigenvalue weighted by atomic mass is 9.97. The summed E-state index contributed by atoms with van der Waals surface area (Å²) in [5.41, 5.74) is 0. The maximum atomic E-state index is 6.83. The highest BCUT2D eigenvalue weighted by atomic mass is 14.3. The minimum Gasteiger partial charge on any atom is -0.313 e. The van der Waals surface area contributed by atoms with Gasteiger partial charge in [-0.3, -0.25) is 0 Å². The fourth-order valence-electron chi connectivity index (χ4n) is 0.984. The Hall–Kier alpha value is -0.330. The summed E-state index contributed by atoms with van der Waals surface area (Å²) in [4.78, 5) is 0. The number of nitrogens with one attached hydrogen (secondary N) is 1. The number of rotatable bonds is 4. The van der Waals surface area contributed by atoms with Gasteiger partial charge < -0.3 is 5.41 Å². The molecule has 0 aliphatic rings. The molecular weight excluding hydrogens is 110 g/mol. The van der Waals surface area contributed by atoms with Crippen LogP contribution in [0.2, 0.25) is 0 Å². The number of hydrogen-bond acceptors (Lipinski definition) is 1. The first-order valence-electron chi connectivity index (χ1n) is 3.48. The number of hydrogen-bond donors (Lipinski definition) is 1. The van der Waals surface area contributed by atoms with E-state index in [9.17, 15) is 0 Å². The summed E-state index contributed by atoms with van der Waals surface area (Å²) in [6.07, 6.45) is 3.52. The first-order chi connectivity index (χ1) is 4.16. The van der Waals surface area contributed by atoms with Crippen molar-refractivity contribution < 1.29 is 0 Å². The van der Waals surface area contributed by atoms with Gasteiger partial charge in [0.05, 0.1) is 0 Å². The van der Waals surface area contributed by atoms with Crippen LogP contribution in [0.15, 0.2) is 0 Å². The van der Waals surface area contributed by atoms with Crippen LogP contribution in [0.25, 0.3) is 0 Å². The van der Waals surface area contributed by atoms with E-state index in [2.05, 4.69) is 20.8 Å². The third kappa shape index (κ3) is 5.54. The highest BCUT2D eigenvalue weighted by Crippen LogP contribution is 2.12. The summed E-state index contributed by atoms with van der Waals surface area (Å²) in [5, 5.41) is 6.83. The fourth-order valence-corrected chi connectivity index (χ4v) is 0.984. The molecule has 0 rings (SSSR count). The zero-order valence-electron chi connectivity index (χ0n) is 6.35. The van der Waals surface area contributed by atoms with Crippen molar-refractivity contribution in [2.75, 3.05) is 0 Å². The third-order valence-electron chi connectivity index (χ3n) is 1.32. The molecule has 9 heavy (non-hydrogen) atoms. The lowest BCUT2D eigenvalue weighted by molar-refractivity contribution is 0.480. The summed E-state index contributed by atoms with van der Waals surface area (Å²) in [7, 11) is 0. The van der Waals surface area contributed by atoms with Gasteiger partial charge in [-0.15, -0.1) is 0 Å². The van der Waals surface area contributed by atoms with Crippen LogP contribution in [-0.4, -0.2) is 6.21 Å². The molecule has 0 aromatic carbocycles. The van der Waals surface area contributed by atoms with E-state index in [0.29, 0.717) is 11.8 Å². The Morgan fingerprint density at radius 1 is 1.56 bits per heavy atom. The predicted octanol–water partition coefficient (Wildman–Crippen LogP) is 2.52. The van der Waals surface area contributed by atoms with E-state index in [0.717, 1.165) is 12.8 Å². The summed E-state index contributed by atoms with van der Waals surface area (Å²) >= 11 is 0. The van der Waals surface area contributed by atoms with E-state index in [1.54, 1.807) is 0 Å². The van der Waals surface area contributed by atoms with Crippen LogP contribution < -0.4 is 0 Å². The maximum Gasteiger partial charge on any atom is -0.00451 e. The van der Waals surface area contributed by atoms with Crippen molar-refractivity contribution >= 4 is 6.21 Å². The first-order valence-corrected chi connectivity index (χ1v) is 3.48. The second kappa shape index (κ2) is 4.54. The minimum atomic E-state index is 0.528. The molecule has 0 saturated heterocycles. The summed E-state index contributed by atoms with van der Waals surface area (Å²) < 4.78 is 0. The Morgan fingerprint density at radius 3 is 2.44 bits per heavy atom. The molecule has 1 radical (unpaired) electrons. The van der Waals surface area contributed by atoms with Crippen LogP contribution in [0, 0.1) is 24.2 Å².